The third-order valence-electron chi connectivity index (χ3n) is 11.5. The largest absolute Gasteiger partial charge is 0.508 e. The Morgan fingerprint density at radius 3 is 2.27 bits per heavy atom. The van der Waals surface area contributed by atoms with Crippen molar-refractivity contribution >= 4 is 46.1 Å². The third kappa shape index (κ3) is 4.32. The number of aromatic hydroxyl groups is 1. The van der Waals surface area contributed by atoms with Crippen LogP contribution in [0.4, 0.5) is 11.4 Å². The monoisotopic (exact) mass is 679 g/mol. The molecule has 0 bridgehead atoms. The second-order valence-electron chi connectivity index (χ2n) is 13.9. The van der Waals surface area contributed by atoms with Crippen LogP contribution in [0.15, 0.2) is 113 Å². The number of rotatable bonds is 5. The first kappa shape index (κ1) is 31.0. The maximum absolute atomic E-state index is 14.6. The van der Waals surface area contributed by atoms with Gasteiger partial charge in [-0.1, -0.05) is 48.0 Å². The number of benzene rings is 4. The number of carbonyl (C=O) groups excluding carboxylic acids is 4. The number of phenols is 1. The molecule has 254 valence electrons. The molecule has 6 atom stereocenters. The minimum atomic E-state index is -1.31. The highest BCUT2D eigenvalue weighted by Crippen LogP contribution is 2.65. The van der Waals surface area contributed by atoms with Gasteiger partial charge in [0, 0.05) is 17.0 Å². The van der Waals surface area contributed by atoms with Crippen molar-refractivity contribution in [2.45, 2.75) is 25.7 Å². The predicted octanol–water partition coefficient (Wildman–Crippen LogP) is 6.64. The summed E-state index contributed by atoms with van der Waals surface area (Å²) < 4.78 is 11.7. The Bertz CT molecular complexity index is 2280. The van der Waals surface area contributed by atoms with Crippen LogP contribution >= 0.6 is 0 Å². The minimum absolute atomic E-state index is 0.0732. The third-order valence-corrected chi connectivity index (χ3v) is 11.5. The van der Waals surface area contributed by atoms with Crippen molar-refractivity contribution in [3.05, 3.63) is 114 Å². The molecule has 3 fully saturated rings. The SMILES string of the molecule is COc1cccc(O)c1[C@H]1C2=CC[C@@H]3C(=O)N(c4ccc(-c5nc6ccccc6o5)cc4)C(=O)[C@@H]3[C@@H]2C[C@H]2C(=O)N(c3ccccc3)C(=O)[C@@]12C. The topological polar surface area (TPSA) is 130 Å². The van der Waals surface area contributed by atoms with E-state index in [0.717, 1.165) is 11.1 Å². The molecule has 2 aliphatic heterocycles. The summed E-state index contributed by atoms with van der Waals surface area (Å²) >= 11 is 0. The van der Waals surface area contributed by atoms with Crippen LogP contribution < -0.4 is 14.5 Å². The summed E-state index contributed by atoms with van der Waals surface area (Å²) in [6, 6.07) is 28.2. The fraction of sp³-hybridized carbons (Fsp3) is 0.244. The number of imide groups is 2. The van der Waals surface area contributed by atoms with Crippen LogP contribution in [-0.2, 0) is 19.2 Å². The predicted molar refractivity (Wildman–Crippen MR) is 188 cm³/mol. The molecular formula is C41H33N3O7. The lowest BCUT2D eigenvalue weighted by Crippen LogP contribution is -2.49. The highest BCUT2D eigenvalue weighted by atomic mass is 16.5. The highest BCUT2D eigenvalue weighted by molar-refractivity contribution is 6.25. The molecule has 1 N–H and O–H groups in total. The first-order chi connectivity index (χ1) is 24.7. The zero-order chi connectivity index (χ0) is 35.2. The Balaban J connectivity index is 1.12. The number of ether oxygens (including phenoxy) is 1. The molecule has 4 aromatic carbocycles. The minimum Gasteiger partial charge on any atom is -0.508 e. The fourth-order valence-electron chi connectivity index (χ4n) is 9.15. The molecule has 5 aromatic rings. The van der Waals surface area contributed by atoms with E-state index in [1.807, 2.05) is 36.4 Å². The molecule has 4 aliphatic rings. The van der Waals surface area contributed by atoms with Crippen molar-refractivity contribution in [2.75, 3.05) is 16.9 Å². The average Bonchev–Trinajstić information content (AvgIpc) is 3.76. The van der Waals surface area contributed by atoms with Gasteiger partial charge in [-0.25, -0.2) is 9.88 Å². The van der Waals surface area contributed by atoms with Crippen LogP contribution in [0.25, 0.3) is 22.6 Å². The molecule has 9 rings (SSSR count). The number of aromatic nitrogens is 1. The van der Waals surface area contributed by atoms with Gasteiger partial charge in [0.05, 0.1) is 41.7 Å². The summed E-state index contributed by atoms with van der Waals surface area (Å²) in [6.07, 6.45) is 2.43. The van der Waals surface area contributed by atoms with Crippen molar-refractivity contribution in [2.24, 2.45) is 29.1 Å². The number of hydrogen-bond acceptors (Lipinski definition) is 8. The van der Waals surface area contributed by atoms with Gasteiger partial charge in [0.25, 0.3) is 0 Å². The smallest absolute Gasteiger partial charge is 0.241 e. The number of hydrogen-bond donors (Lipinski definition) is 1. The Morgan fingerprint density at radius 1 is 0.804 bits per heavy atom. The molecule has 2 saturated heterocycles. The Morgan fingerprint density at radius 2 is 1.53 bits per heavy atom. The lowest BCUT2D eigenvalue weighted by Gasteiger charge is -2.49. The number of methoxy groups -OCH3 is 1. The molecule has 51 heavy (non-hydrogen) atoms. The number of anilines is 2. The van der Waals surface area contributed by atoms with Gasteiger partial charge in [-0.3, -0.25) is 24.1 Å². The lowest BCUT2D eigenvalue weighted by molar-refractivity contribution is -0.131. The number of oxazole rings is 1. The molecule has 4 amide bonds. The standard InChI is InChI=1S/C41H33N3O7/c1-41-28(38(47)44(40(41)49)23-9-4-3-5-10-23)21-27-25(35(41)34-30(45)12-8-14-32(34)50-2)19-20-26-33(27)39(48)43(37(26)46)24-17-15-22(16-18-24)36-42-29-11-6-7-13-31(29)51-36/h3-19,26-28,33,35,45H,20-21H2,1-2H3/t26-,27+,28-,33-,35+,41+/m0/s1. The number of nitrogens with zero attached hydrogens (tertiary/aromatic N) is 3. The Labute approximate surface area is 292 Å². The summed E-state index contributed by atoms with van der Waals surface area (Å²) in [4.78, 5) is 64.7. The van der Waals surface area contributed by atoms with Crippen LogP contribution in [-0.4, -0.2) is 40.8 Å². The van der Waals surface area contributed by atoms with Crippen molar-refractivity contribution in [3.8, 4) is 23.0 Å². The van der Waals surface area contributed by atoms with E-state index in [0.29, 0.717) is 39.7 Å². The van der Waals surface area contributed by atoms with E-state index in [9.17, 15) is 24.3 Å². The van der Waals surface area contributed by atoms with Crippen molar-refractivity contribution < 1.29 is 33.4 Å². The van der Waals surface area contributed by atoms with Gasteiger partial charge >= 0.3 is 0 Å². The summed E-state index contributed by atoms with van der Waals surface area (Å²) in [5.41, 5.74) is 2.83. The van der Waals surface area contributed by atoms with E-state index in [1.165, 1.54) is 16.9 Å². The quantitative estimate of drug-likeness (QED) is 0.162. The number of fused-ring (bicyclic) bond motifs is 5. The van der Waals surface area contributed by atoms with Crippen LogP contribution in [0, 0.1) is 29.1 Å². The van der Waals surface area contributed by atoms with E-state index >= 15 is 0 Å². The van der Waals surface area contributed by atoms with Crippen LogP contribution in [0.3, 0.4) is 0 Å². The summed E-state index contributed by atoms with van der Waals surface area (Å²) in [5, 5.41) is 11.4. The van der Waals surface area contributed by atoms with Crippen molar-refractivity contribution in [1.29, 1.82) is 0 Å². The van der Waals surface area contributed by atoms with E-state index < -0.39 is 35.0 Å². The number of allylic oxidation sites excluding steroid dienone is 2. The van der Waals surface area contributed by atoms with Gasteiger partial charge in [-0.15, -0.1) is 0 Å². The Hall–Kier alpha value is -6.03. The van der Waals surface area contributed by atoms with Gasteiger partial charge in [0.15, 0.2) is 5.58 Å². The van der Waals surface area contributed by atoms with Gasteiger partial charge in [0.2, 0.25) is 29.5 Å². The fourth-order valence-corrected chi connectivity index (χ4v) is 9.15. The van der Waals surface area contributed by atoms with E-state index in [2.05, 4.69) is 4.98 Å². The molecule has 3 heterocycles. The van der Waals surface area contributed by atoms with Crippen LogP contribution in [0.2, 0.25) is 0 Å². The van der Waals surface area contributed by atoms with Crippen LogP contribution in [0.1, 0.15) is 31.2 Å². The zero-order valence-corrected chi connectivity index (χ0v) is 27.9. The van der Waals surface area contributed by atoms with Crippen molar-refractivity contribution in [1.82, 2.24) is 4.98 Å². The molecule has 0 unspecified atom stereocenters. The molecule has 0 radical (unpaired) electrons. The summed E-state index contributed by atoms with van der Waals surface area (Å²) in [5.74, 6) is -4.23. The summed E-state index contributed by atoms with van der Waals surface area (Å²) in [6.45, 7) is 1.78. The molecule has 1 saturated carbocycles. The first-order valence-corrected chi connectivity index (χ1v) is 17.1. The molecule has 0 spiro atoms. The normalized spacial score (nSPS) is 27.0. The number of carbonyl (C=O) groups is 4. The maximum atomic E-state index is 14.6. The molecule has 10 heteroatoms. The van der Waals surface area contributed by atoms with E-state index in [4.69, 9.17) is 9.15 Å². The van der Waals surface area contributed by atoms with Crippen LogP contribution in [0.5, 0.6) is 11.5 Å². The maximum Gasteiger partial charge on any atom is 0.241 e. The summed E-state index contributed by atoms with van der Waals surface area (Å²) in [7, 11) is 1.49. The van der Waals surface area contributed by atoms with Gasteiger partial charge in [-0.05, 0) is 86.3 Å². The second-order valence-corrected chi connectivity index (χ2v) is 13.9. The average molecular weight is 680 g/mol. The van der Waals surface area contributed by atoms with E-state index in [1.54, 1.807) is 73.7 Å². The second kappa shape index (κ2) is 11.2. The first-order valence-electron chi connectivity index (χ1n) is 17.1. The van der Waals surface area contributed by atoms with Gasteiger partial charge in [-0.2, -0.15) is 0 Å². The Kier molecular flexibility index (Phi) is 6.83. The lowest BCUT2D eigenvalue weighted by atomic mass is 9.51. The van der Waals surface area contributed by atoms with Crippen molar-refractivity contribution in [3.63, 3.8) is 0 Å². The number of para-hydroxylation sites is 3. The molecular weight excluding hydrogens is 646 g/mol. The number of amides is 4. The molecule has 2 aliphatic carbocycles. The van der Waals surface area contributed by atoms with Gasteiger partial charge in [0.1, 0.15) is 17.0 Å². The molecule has 10 nitrogen and oxygen atoms in total. The number of phenolic OH excluding ortho intramolecular Hbond substituents is 1. The van der Waals surface area contributed by atoms with E-state index in [-0.39, 0.29) is 42.2 Å². The molecule has 1 aromatic heterocycles. The highest BCUT2D eigenvalue weighted by Gasteiger charge is 2.68. The van der Waals surface area contributed by atoms with Gasteiger partial charge < -0.3 is 14.3 Å². The zero-order valence-electron chi connectivity index (χ0n) is 27.9.